The third kappa shape index (κ3) is 13.3. The topological polar surface area (TPSA) is 306 Å². The van der Waals surface area contributed by atoms with E-state index < -0.39 is 32.9 Å². The Morgan fingerprint density at radius 3 is 1.83 bits per heavy atom. The van der Waals surface area contributed by atoms with Crippen LogP contribution in [0.3, 0.4) is 0 Å². The van der Waals surface area contributed by atoms with Gasteiger partial charge in [-0.15, -0.1) is 0 Å². The van der Waals surface area contributed by atoms with Crippen LogP contribution in [0.4, 0.5) is 29.2 Å². The number of benzene rings is 4. The molecule has 0 aliphatic carbocycles. The zero-order valence-electron chi connectivity index (χ0n) is 34.1. The summed E-state index contributed by atoms with van der Waals surface area (Å²) in [5, 5.41) is 47.6. The minimum atomic E-state index is -4.73. The van der Waals surface area contributed by atoms with Gasteiger partial charge >= 0.3 is 0 Å². The molecule has 2 aromatic heterocycles. The van der Waals surface area contributed by atoms with Gasteiger partial charge in [0.15, 0.2) is 5.82 Å². The highest BCUT2D eigenvalue weighted by Crippen LogP contribution is 2.26. The molecule has 1 atom stereocenters. The first-order valence-electron chi connectivity index (χ1n) is 19.7. The van der Waals surface area contributed by atoms with E-state index in [9.17, 15) is 46.4 Å². The summed E-state index contributed by atoms with van der Waals surface area (Å²) in [6.07, 6.45) is 3.76. The molecule has 22 heteroatoms. The van der Waals surface area contributed by atoms with Gasteiger partial charge in [-0.25, -0.2) is 4.98 Å². The van der Waals surface area contributed by atoms with Crippen molar-refractivity contribution in [2.45, 2.75) is 28.7 Å². The van der Waals surface area contributed by atoms with Gasteiger partial charge in [-0.05, 0) is 58.7 Å². The fraction of sp³-hybridized carbons (Fsp3) is 0.238. The van der Waals surface area contributed by atoms with Crippen LogP contribution in [-0.4, -0.2) is 122 Å². The van der Waals surface area contributed by atoms with Gasteiger partial charge in [-0.3, -0.25) is 9.11 Å². The maximum atomic E-state index is 12.7. The van der Waals surface area contributed by atoms with Crippen molar-refractivity contribution in [1.82, 2.24) is 35.2 Å². The molecule has 0 saturated carbocycles. The molecule has 0 aliphatic rings. The second-order valence-electron chi connectivity index (χ2n) is 14.0. The Labute approximate surface area is 369 Å². The van der Waals surface area contributed by atoms with Crippen LogP contribution in [0, 0.1) is 0 Å². The number of aliphatic hydroxyl groups is 4. The molecule has 0 amide bonds. The van der Waals surface area contributed by atoms with Gasteiger partial charge in [0.2, 0.25) is 17.8 Å². The quantitative estimate of drug-likeness (QED) is 0.0349. The lowest BCUT2D eigenvalue weighted by Crippen LogP contribution is -2.32. The lowest BCUT2D eigenvalue weighted by Gasteiger charge is -2.21. The zero-order chi connectivity index (χ0) is 45.7. The highest BCUT2D eigenvalue weighted by atomic mass is 32.2. The Morgan fingerprint density at radius 2 is 1.22 bits per heavy atom. The summed E-state index contributed by atoms with van der Waals surface area (Å²) >= 11 is 0. The van der Waals surface area contributed by atoms with Gasteiger partial charge in [0.1, 0.15) is 16.5 Å². The average molecular weight is 915 g/mol. The first-order chi connectivity index (χ1) is 30.7. The number of anilines is 5. The van der Waals surface area contributed by atoms with Crippen molar-refractivity contribution < 1.29 is 46.4 Å². The SMILES string of the molecule is O=S(=O)(O)c1ccc(Nc2nc(Cc3ccc(/C=C/c4ccc(Nc5nc(Cc6ccccc6)nc(N(CCO)CCO)n5)cc4S(=O)(=O)O)cc3)nc(C(CO)NCCO)n2)cc1. The molecule has 2 heterocycles. The number of nitrogens with zero attached hydrogens (tertiary/aromatic N) is 7. The van der Waals surface area contributed by atoms with Crippen molar-refractivity contribution in [3.05, 3.63) is 137 Å². The van der Waals surface area contributed by atoms with Crippen molar-refractivity contribution in [3.63, 3.8) is 0 Å². The number of hydrogen-bond donors (Lipinski definition) is 9. The van der Waals surface area contributed by atoms with Gasteiger partial charge < -0.3 is 41.3 Å². The van der Waals surface area contributed by atoms with E-state index in [0.717, 1.165) is 11.1 Å². The van der Waals surface area contributed by atoms with E-state index in [1.54, 1.807) is 29.2 Å². The molecule has 0 saturated heterocycles. The van der Waals surface area contributed by atoms with Crippen LogP contribution in [0.25, 0.3) is 12.2 Å². The molecule has 6 aromatic rings. The van der Waals surface area contributed by atoms with Gasteiger partial charge in [-0.2, -0.15) is 41.8 Å². The number of hydrogen-bond acceptors (Lipinski definition) is 18. The standard InChI is InChI=1S/C42H46N10O10S2/c53-21-18-43-35(27-56)39-46-37(47-40(50-39)44-32-14-16-34(17-15-32)63(57,58)59)25-30-8-6-28(7-9-30)10-11-31-12-13-33(26-36(31)64(60,61)62)45-41-48-38(24-29-4-2-1-3-5-29)49-42(51-41)52(19-22-54)20-23-55/h1-17,26,35,43,53-56H,18-25,27H2,(H,57,58,59)(H,60,61,62)(H,44,46,47,50)(H,45,48,49,51)/b11-10+. The normalized spacial score (nSPS) is 12.3. The molecule has 64 heavy (non-hydrogen) atoms. The van der Waals surface area contributed by atoms with Crippen molar-refractivity contribution in [2.75, 3.05) is 61.6 Å². The molecule has 0 fully saturated rings. The highest BCUT2D eigenvalue weighted by molar-refractivity contribution is 7.86. The van der Waals surface area contributed by atoms with Gasteiger partial charge in [0.25, 0.3) is 20.2 Å². The summed E-state index contributed by atoms with van der Waals surface area (Å²) in [5.41, 5.74) is 3.23. The van der Waals surface area contributed by atoms with E-state index in [1.807, 2.05) is 42.5 Å². The lowest BCUT2D eigenvalue weighted by atomic mass is 10.1. The molecule has 0 radical (unpaired) electrons. The molecule has 4 aromatic carbocycles. The second kappa shape index (κ2) is 21.8. The van der Waals surface area contributed by atoms with Gasteiger partial charge in [0, 0.05) is 43.9 Å². The van der Waals surface area contributed by atoms with Crippen LogP contribution in [0.15, 0.2) is 107 Å². The predicted octanol–water partition coefficient (Wildman–Crippen LogP) is 2.80. The minimum absolute atomic E-state index is 0.0713. The average Bonchev–Trinajstić information content (AvgIpc) is 3.26. The van der Waals surface area contributed by atoms with Crippen LogP contribution in [0.5, 0.6) is 0 Å². The van der Waals surface area contributed by atoms with E-state index in [0.29, 0.717) is 29.3 Å². The fourth-order valence-electron chi connectivity index (χ4n) is 6.28. The van der Waals surface area contributed by atoms with E-state index in [1.165, 1.54) is 42.5 Å². The first kappa shape index (κ1) is 47.1. The molecular weight excluding hydrogens is 869 g/mol. The predicted molar refractivity (Wildman–Crippen MR) is 237 cm³/mol. The van der Waals surface area contributed by atoms with Crippen LogP contribution >= 0.6 is 0 Å². The molecular formula is C42H46N10O10S2. The van der Waals surface area contributed by atoms with Crippen LogP contribution in [-0.2, 0) is 33.1 Å². The summed E-state index contributed by atoms with van der Waals surface area (Å²) < 4.78 is 67.9. The van der Waals surface area contributed by atoms with Crippen LogP contribution in [0.2, 0.25) is 0 Å². The minimum Gasteiger partial charge on any atom is -0.395 e. The summed E-state index contributed by atoms with van der Waals surface area (Å²) in [7, 11) is -9.13. The van der Waals surface area contributed by atoms with E-state index in [-0.39, 0.29) is 90.6 Å². The third-order valence-electron chi connectivity index (χ3n) is 9.35. The number of rotatable bonds is 22. The largest absolute Gasteiger partial charge is 0.395 e. The molecule has 0 aliphatic heterocycles. The zero-order valence-corrected chi connectivity index (χ0v) is 35.7. The van der Waals surface area contributed by atoms with Crippen molar-refractivity contribution in [2.24, 2.45) is 0 Å². The van der Waals surface area contributed by atoms with Crippen molar-refractivity contribution in [1.29, 1.82) is 0 Å². The maximum Gasteiger partial charge on any atom is 0.295 e. The Morgan fingerprint density at radius 1 is 0.609 bits per heavy atom. The maximum absolute atomic E-state index is 12.7. The smallest absolute Gasteiger partial charge is 0.295 e. The highest BCUT2D eigenvalue weighted by Gasteiger charge is 2.20. The monoisotopic (exact) mass is 914 g/mol. The molecule has 6 rings (SSSR count). The fourth-order valence-corrected chi connectivity index (χ4v) is 7.47. The molecule has 1 unspecified atom stereocenters. The summed E-state index contributed by atoms with van der Waals surface area (Å²) in [6.45, 7) is -0.584. The third-order valence-corrected chi connectivity index (χ3v) is 11.1. The van der Waals surface area contributed by atoms with Crippen molar-refractivity contribution >= 4 is 61.6 Å². The molecule has 0 spiro atoms. The number of aromatic nitrogens is 6. The summed E-state index contributed by atoms with van der Waals surface area (Å²) in [5.74, 6) is 1.23. The summed E-state index contributed by atoms with van der Waals surface area (Å²) in [4.78, 5) is 28.0. The van der Waals surface area contributed by atoms with E-state index in [2.05, 4.69) is 45.9 Å². The van der Waals surface area contributed by atoms with Crippen molar-refractivity contribution in [3.8, 4) is 0 Å². The van der Waals surface area contributed by atoms with Crippen LogP contribution < -0.4 is 20.9 Å². The van der Waals surface area contributed by atoms with E-state index in [4.69, 9.17) is 0 Å². The molecule has 0 bridgehead atoms. The lowest BCUT2D eigenvalue weighted by molar-refractivity contribution is 0.222. The Balaban J connectivity index is 1.22. The Kier molecular flexibility index (Phi) is 16.1. The molecule has 336 valence electrons. The second-order valence-corrected chi connectivity index (χ2v) is 16.9. The number of aliphatic hydroxyl groups excluding tert-OH is 4. The Hall–Kier alpha value is -6.34. The Bertz CT molecular complexity index is 2750. The van der Waals surface area contributed by atoms with E-state index >= 15 is 0 Å². The van der Waals surface area contributed by atoms with Gasteiger partial charge in [0.05, 0.1) is 37.4 Å². The molecule has 20 nitrogen and oxygen atoms in total. The number of nitrogens with one attached hydrogen (secondary N) is 3. The van der Waals surface area contributed by atoms with Crippen LogP contribution in [0.1, 0.15) is 45.8 Å². The summed E-state index contributed by atoms with van der Waals surface area (Å²) in [6, 6.07) is 25.5. The van der Waals surface area contributed by atoms with Gasteiger partial charge in [-0.1, -0.05) is 72.8 Å². The first-order valence-corrected chi connectivity index (χ1v) is 22.6. The molecule has 9 N–H and O–H groups in total.